The summed E-state index contributed by atoms with van der Waals surface area (Å²) in [5.74, 6) is -0.0602. The van der Waals surface area contributed by atoms with Crippen LogP contribution in [0.15, 0.2) is 53.4 Å². The Morgan fingerprint density at radius 3 is 2.84 bits per heavy atom. The van der Waals surface area contributed by atoms with Gasteiger partial charge in [0, 0.05) is 36.8 Å². The maximum Gasteiger partial charge on any atom is 0.253 e. The van der Waals surface area contributed by atoms with Crippen molar-refractivity contribution >= 4 is 17.2 Å². The molecule has 1 aliphatic carbocycles. The number of methoxy groups -OCH3 is 1. The number of nitrogens with one attached hydrogen (secondary N) is 1. The number of thiazole rings is 1. The van der Waals surface area contributed by atoms with Gasteiger partial charge in [0.25, 0.3) is 5.91 Å². The number of ether oxygens (including phenoxy) is 1. The first-order valence-electron chi connectivity index (χ1n) is 11.3. The van der Waals surface area contributed by atoms with Crippen LogP contribution in [0.3, 0.4) is 0 Å². The van der Waals surface area contributed by atoms with E-state index in [-0.39, 0.29) is 5.91 Å². The molecule has 0 saturated carbocycles. The SMILES string of the molecule is COCCNC(=O)c1cc(-c2csc(-c3ccccc3)n2)n(CCC2=CCCCC2)c1C. The van der Waals surface area contributed by atoms with Crippen molar-refractivity contribution in [3.05, 3.63) is 64.7 Å². The molecule has 0 spiro atoms. The van der Waals surface area contributed by atoms with Crippen molar-refractivity contribution in [2.75, 3.05) is 20.3 Å². The molecule has 3 aromatic rings. The van der Waals surface area contributed by atoms with Crippen LogP contribution in [0.4, 0.5) is 0 Å². The van der Waals surface area contributed by atoms with Crippen molar-refractivity contribution in [1.82, 2.24) is 14.9 Å². The van der Waals surface area contributed by atoms with Crippen LogP contribution >= 0.6 is 11.3 Å². The van der Waals surface area contributed by atoms with Crippen molar-refractivity contribution in [1.29, 1.82) is 0 Å². The summed E-state index contributed by atoms with van der Waals surface area (Å²) in [6, 6.07) is 12.2. The van der Waals surface area contributed by atoms with Crippen LogP contribution in [-0.4, -0.2) is 35.7 Å². The highest BCUT2D eigenvalue weighted by molar-refractivity contribution is 7.13. The molecule has 0 unspecified atom stereocenters. The first-order chi connectivity index (χ1) is 15.7. The number of carbonyl (C=O) groups excluding carboxylic acids is 1. The second kappa shape index (κ2) is 10.7. The summed E-state index contributed by atoms with van der Waals surface area (Å²) in [4.78, 5) is 17.8. The van der Waals surface area contributed by atoms with Gasteiger partial charge in [-0.2, -0.15) is 0 Å². The lowest BCUT2D eigenvalue weighted by Gasteiger charge is -2.15. The molecule has 0 saturated heterocycles. The van der Waals surface area contributed by atoms with Gasteiger partial charge >= 0.3 is 0 Å². The zero-order valence-electron chi connectivity index (χ0n) is 18.9. The van der Waals surface area contributed by atoms with Crippen LogP contribution in [0.5, 0.6) is 0 Å². The molecule has 5 nitrogen and oxygen atoms in total. The molecule has 1 amide bonds. The average Bonchev–Trinajstić information content (AvgIpc) is 3.44. The third kappa shape index (κ3) is 5.19. The number of nitrogens with zero attached hydrogens (tertiary/aromatic N) is 2. The predicted octanol–water partition coefficient (Wildman–Crippen LogP) is 5.85. The van der Waals surface area contributed by atoms with Gasteiger partial charge in [0.15, 0.2) is 0 Å². The summed E-state index contributed by atoms with van der Waals surface area (Å²) in [7, 11) is 1.64. The lowest BCUT2D eigenvalue weighted by Crippen LogP contribution is -2.27. The van der Waals surface area contributed by atoms with E-state index in [4.69, 9.17) is 9.72 Å². The Hall–Kier alpha value is -2.70. The molecule has 1 aliphatic rings. The van der Waals surface area contributed by atoms with Crippen LogP contribution in [0.2, 0.25) is 0 Å². The monoisotopic (exact) mass is 449 g/mol. The Bertz CT molecular complexity index is 1080. The second-order valence-electron chi connectivity index (χ2n) is 8.19. The van der Waals surface area contributed by atoms with Crippen molar-refractivity contribution < 1.29 is 9.53 Å². The Balaban J connectivity index is 1.64. The minimum atomic E-state index is -0.0602. The van der Waals surface area contributed by atoms with Crippen molar-refractivity contribution in [2.45, 2.75) is 45.6 Å². The highest BCUT2D eigenvalue weighted by Crippen LogP contribution is 2.32. The van der Waals surface area contributed by atoms with Gasteiger partial charge in [0.05, 0.1) is 23.6 Å². The Morgan fingerprint density at radius 2 is 2.09 bits per heavy atom. The number of aromatic nitrogens is 2. The molecule has 4 rings (SSSR count). The van der Waals surface area contributed by atoms with E-state index < -0.39 is 0 Å². The number of carbonyl (C=O) groups is 1. The van der Waals surface area contributed by atoms with Gasteiger partial charge in [0.2, 0.25) is 0 Å². The van der Waals surface area contributed by atoms with E-state index in [0.29, 0.717) is 18.7 Å². The quantitative estimate of drug-likeness (QED) is 0.329. The van der Waals surface area contributed by atoms with E-state index >= 15 is 0 Å². The summed E-state index contributed by atoms with van der Waals surface area (Å²) < 4.78 is 7.34. The summed E-state index contributed by atoms with van der Waals surface area (Å²) in [6.07, 6.45) is 8.37. The largest absolute Gasteiger partial charge is 0.383 e. The third-order valence-electron chi connectivity index (χ3n) is 6.03. The zero-order valence-corrected chi connectivity index (χ0v) is 19.7. The minimum absolute atomic E-state index is 0.0602. The van der Waals surface area contributed by atoms with Gasteiger partial charge in [-0.25, -0.2) is 4.98 Å². The highest BCUT2D eigenvalue weighted by Gasteiger charge is 2.20. The standard InChI is InChI=1S/C26H31N3O2S/c1-19-22(25(30)27-14-16-31-2)17-24(29(19)15-13-20-9-5-3-6-10-20)23-18-32-26(28-23)21-11-7-4-8-12-21/h4,7-9,11-12,17-18H,3,5-6,10,13-16H2,1-2H3,(H,27,30). The molecule has 0 radical (unpaired) electrons. The Kier molecular flexibility index (Phi) is 7.55. The molecular formula is C26H31N3O2S. The van der Waals surface area contributed by atoms with Crippen molar-refractivity contribution in [3.63, 3.8) is 0 Å². The molecular weight excluding hydrogens is 418 g/mol. The topological polar surface area (TPSA) is 56.1 Å². The van der Waals surface area contributed by atoms with E-state index in [0.717, 1.165) is 40.6 Å². The molecule has 168 valence electrons. The van der Waals surface area contributed by atoms with E-state index in [1.165, 1.54) is 31.3 Å². The van der Waals surface area contributed by atoms with Crippen LogP contribution in [0.25, 0.3) is 22.0 Å². The molecule has 2 aromatic heterocycles. The van der Waals surface area contributed by atoms with Crippen LogP contribution < -0.4 is 5.32 Å². The molecule has 1 aromatic carbocycles. The molecule has 0 atom stereocenters. The average molecular weight is 450 g/mol. The van der Waals surface area contributed by atoms with E-state index in [9.17, 15) is 4.79 Å². The fourth-order valence-electron chi connectivity index (χ4n) is 4.23. The molecule has 1 N–H and O–H groups in total. The fraction of sp³-hybridized carbons (Fsp3) is 0.385. The number of hydrogen-bond acceptors (Lipinski definition) is 4. The molecule has 6 heteroatoms. The van der Waals surface area contributed by atoms with E-state index in [1.54, 1.807) is 18.4 Å². The summed E-state index contributed by atoms with van der Waals surface area (Å²) >= 11 is 1.64. The molecule has 0 fully saturated rings. The molecule has 2 heterocycles. The van der Waals surface area contributed by atoms with Gasteiger partial charge in [0.1, 0.15) is 5.01 Å². The lowest BCUT2D eigenvalue weighted by molar-refractivity contribution is 0.0936. The second-order valence-corrected chi connectivity index (χ2v) is 9.05. The van der Waals surface area contributed by atoms with Crippen molar-refractivity contribution in [3.8, 4) is 22.0 Å². The molecule has 0 aliphatic heterocycles. The highest BCUT2D eigenvalue weighted by atomic mass is 32.1. The Morgan fingerprint density at radius 1 is 1.25 bits per heavy atom. The fourth-order valence-corrected chi connectivity index (χ4v) is 5.05. The van der Waals surface area contributed by atoms with Gasteiger partial charge < -0.3 is 14.6 Å². The van der Waals surface area contributed by atoms with Crippen LogP contribution in [0.1, 0.15) is 48.2 Å². The summed E-state index contributed by atoms with van der Waals surface area (Å²) in [5, 5.41) is 6.05. The minimum Gasteiger partial charge on any atom is -0.383 e. The third-order valence-corrected chi connectivity index (χ3v) is 6.92. The number of allylic oxidation sites excluding steroid dienone is 2. The Labute approximate surface area is 194 Å². The number of benzene rings is 1. The number of hydrogen-bond donors (Lipinski definition) is 1. The maximum absolute atomic E-state index is 12.9. The predicted molar refractivity (Wildman–Crippen MR) is 131 cm³/mol. The number of rotatable bonds is 9. The molecule has 0 bridgehead atoms. The zero-order chi connectivity index (χ0) is 22.3. The van der Waals surface area contributed by atoms with Gasteiger partial charge in [-0.1, -0.05) is 42.0 Å². The van der Waals surface area contributed by atoms with Crippen LogP contribution in [0, 0.1) is 6.92 Å². The van der Waals surface area contributed by atoms with Gasteiger partial charge in [-0.15, -0.1) is 11.3 Å². The van der Waals surface area contributed by atoms with Gasteiger partial charge in [-0.3, -0.25) is 4.79 Å². The van der Waals surface area contributed by atoms with Gasteiger partial charge in [-0.05, 0) is 45.1 Å². The smallest absolute Gasteiger partial charge is 0.253 e. The first-order valence-corrected chi connectivity index (χ1v) is 12.2. The first kappa shape index (κ1) is 22.5. The summed E-state index contributed by atoms with van der Waals surface area (Å²) in [5.41, 5.74) is 6.27. The lowest BCUT2D eigenvalue weighted by atomic mass is 9.97. The molecule has 32 heavy (non-hydrogen) atoms. The van der Waals surface area contributed by atoms with E-state index in [1.807, 2.05) is 31.2 Å². The van der Waals surface area contributed by atoms with Crippen molar-refractivity contribution in [2.24, 2.45) is 0 Å². The van der Waals surface area contributed by atoms with E-state index in [2.05, 4.69) is 33.5 Å². The van der Waals surface area contributed by atoms with Crippen LogP contribution in [-0.2, 0) is 11.3 Å². The normalized spacial score (nSPS) is 13.8. The maximum atomic E-state index is 12.9. The number of amides is 1. The summed E-state index contributed by atoms with van der Waals surface area (Å²) in [6.45, 7) is 3.89.